The number of pyridine rings is 1. The number of hydrogen-bond donors (Lipinski definition) is 1. The number of alkyl halides is 1. The zero-order chi connectivity index (χ0) is 13.3. The molecule has 0 radical (unpaired) electrons. The third kappa shape index (κ3) is 3.88. The zero-order valence-electron chi connectivity index (χ0n) is 11.6. The SMILES string of the molecule is CC(Cl)C(C)(C)Nc1ccc(C(C)(C)C)cn1. The summed E-state index contributed by atoms with van der Waals surface area (Å²) in [4.78, 5) is 4.44. The van der Waals surface area contributed by atoms with Gasteiger partial charge in [0.05, 0.1) is 5.38 Å². The van der Waals surface area contributed by atoms with Crippen LogP contribution in [-0.2, 0) is 5.41 Å². The van der Waals surface area contributed by atoms with E-state index in [0.29, 0.717) is 0 Å². The maximum absolute atomic E-state index is 6.13. The molecule has 1 rings (SSSR count). The van der Waals surface area contributed by atoms with Gasteiger partial charge in [0.15, 0.2) is 0 Å². The molecule has 17 heavy (non-hydrogen) atoms. The van der Waals surface area contributed by atoms with Crippen molar-refractivity contribution in [2.24, 2.45) is 0 Å². The summed E-state index contributed by atoms with van der Waals surface area (Å²) >= 11 is 6.13. The topological polar surface area (TPSA) is 24.9 Å². The fourth-order valence-corrected chi connectivity index (χ4v) is 1.40. The molecule has 1 heterocycles. The summed E-state index contributed by atoms with van der Waals surface area (Å²) in [7, 11) is 0. The van der Waals surface area contributed by atoms with E-state index >= 15 is 0 Å². The summed E-state index contributed by atoms with van der Waals surface area (Å²) in [5.74, 6) is 0.871. The molecule has 3 heteroatoms. The van der Waals surface area contributed by atoms with Crippen LogP contribution in [0.25, 0.3) is 0 Å². The molecule has 0 saturated heterocycles. The first-order chi connectivity index (χ1) is 7.63. The first-order valence-corrected chi connectivity index (χ1v) is 6.45. The van der Waals surface area contributed by atoms with Crippen LogP contribution in [0.15, 0.2) is 18.3 Å². The molecule has 1 aromatic heterocycles. The Morgan fingerprint density at radius 3 is 2.12 bits per heavy atom. The van der Waals surface area contributed by atoms with Gasteiger partial charge in [-0.05, 0) is 37.8 Å². The predicted octanol–water partition coefficient (Wildman–Crippen LogP) is 4.20. The Morgan fingerprint density at radius 1 is 1.18 bits per heavy atom. The second-order valence-corrected chi connectivity index (χ2v) is 6.80. The molecule has 1 unspecified atom stereocenters. The summed E-state index contributed by atoms with van der Waals surface area (Å²) < 4.78 is 0. The molecule has 0 amide bonds. The Morgan fingerprint density at radius 2 is 1.76 bits per heavy atom. The number of nitrogens with zero attached hydrogens (tertiary/aromatic N) is 1. The number of hydrogen-bond acceptors (Lipinski definition) is 2. The van der Waals surface area contributed by atoms with Gasteiger partial charge in [0.1, 0.15) is 5.82 Å². The second kappa shape index (κ2) is 4.85. The molecule has 0 aliphatic heterocycles. The van der Waals surface area contributed by atoms with Crippen molar-refractivity contribution in [3.05, 3.63) is 23.9 Å². The van der Waals surface area contributed by atoms with Gasteiger partial charge in [-0.25, -0.2) is 4.98 Å². The van der Waals surface area contributed by atoms with Gasteiger partial charge in [-0.1, -0.05) is 26.8 Å². The largest absolute Gasteiger partial charge is 0.364 e. The molecule has 0 bridgehead atoms. The first-order valence-electron chi connectivity index (χ1n) is 6.02. The van der Waals surface area contributed by atoms with Gasteiger partial charge in [0.2, 0.25) is 0 Å². The number of aromatic nitrogens is 1. The highest BCUT2D eigenvalue weighted by Crippen LogP contribution is 2.24. The van der Waals surface area contributed by atoms with Crippen LogP contribution in [0.1, 0.15) is 47.1 Å². The molecule has 0 spiro atoms. The molecule has 0 aromatic carbocycles. The molecule has 2 nitrogen and oxygen atoms in total. The smallest absolute Gasteiger partial charge is 0.126 e. The zero-order valence-corrected chi connectivity index (χ0v) is 12.4. The van der Waals surface area contributed by atoms with Crippen molar-refractivity contribution in [1.82, 2.24) is 4.98 Å². The summed E-state index contributed by atoms with van der Waals surface area (Å²) in [6, 6.07) is 4.13. The van der Waals surface area contributed by atoms with Crippen LogP contribution in [-0.4, -0.2) is 15.9 Å². The summed E-state index contributed by atoms with van der Waals surface area (Å²) in [6.45, 7) is 12.7. The Hall–Kier alpha value is -0.760. The highest BCUT2D eigenvalue weighted by atomic mass is 35.5. The van der Waals surface area contributed by atoms with E-state index < -0.39 is 0 Å². The standard InChI is InChI=1S/C14H23ClN2/c1-10(15)14(5,6)17-12-8-7-11(9-16-12)13(2,3)4/h7-10H,1-6H3,(H,16,17). The van der Waals surface area contributed by atoms with Crippen molar-refractivity contribution in [3.63, 3.8) is 0 Å². The van der Waals surface area contributed by atoms with Crippen LogP contribution >= 0.6 is 11.6 Å². The van der Waals surface area contributed by atoms with Gasteiger partial charge in [-0.2, -0.15) is 0 Å². The van der Waals surface area contributed by atoms with E-state index in [1.165, 1.54) is 5.56 Å². The third-order valence-corrected chi connectivity index (χ3v) is 3.62. The molecule has 0 aliphatic rings. The number of rotatable bonds is 3. The average Bonchev–Trinajstić information content (AvgIpc) is 2.16. The molecular formula is C14H23ClN2. The molecular weight excluding hydrogens is 232 g/mol. The first kappa shape index (κ1) is 14.3. The van der Waals surface area contributed by atoms with Gasteiger partial charge >= 0.3 is 0 Å². The fraction of sp³-hybridized carbons (Fsp3) is 0.643. The van der Waals surface area contributed by atoms with Crippen LogP contribution in [0.2, 0.25) is 0 Å². The molecule has 0 saturated carbocycles. The lowest BCUT2D eigenvalue weighted by Gasteiger charge is -2.29. The quantitative estimate of drug-likeness (QED) is 0.818. The van der Waals surface area contributed by atoms with E-state index in [0.717, 1.165) is 5.82 Å². The number of nitrogens with one attached hydrogen (secondary N) is 1. The number of anilines is 1. The van der Waals surface area contributed by atoms with Gasteiger partial charge in [0, 0.05) is 11.7 Å². The molecule has 1 atom stereocenters. The Labute approximate surface area is 110 Å². The monoisotopic (exact) mass is 254 g/mol. The van der Waals surface area contributed by atoms with E-state index in [1.54, 1.807) is 0 Å². The van der Waals surface area contributed by atoms with Crippen molar-refractivity contribution in [2.45, 2.75) is 57.9 Å². The van der Waals surface area contributed by atoms with E-state index in [1.807, 2.05) is 19.2 Å². The highest BCUT2D eigenvalue weighted by molar-refractivity contribution is 6.21. The Bertz CT molecular complexity index is 361. The van der Waals surface area contributed by atoms with Crippen LogP contribution in [0.5, 0.6) is 0 Å². The normalized spacial score (nSPS) is 14.5. The van der Waals surface area contributed by atoms with Gasteiger partial charge in [-0.3, -0.25) is 0 Å². The van der Waals surface area contributed by atoms with Crippen LogP contribution in [0.3, 0.4) is 0 Å². The van der Waals surface area contributed by atoms with Gasteiger partial charge in [-0.15, -0.1) is 11.6 Å². The van der Waals surface area contributed by atoms with Crippen LogP contribution in [0, 0.1) is 0 Å². The van der Waals surface area contributed by atoms with Gasteiger partial charge in [0.25, 0.3) is 0 Å². The average molecular weight is 255 g/mol. The van der Waals surface area contributed by atoms with Crippen molar-refractivity contribution in [1.29, 1.82) is 0 Å². The van der Waals surface area contributed by atoms with Crippen LogP contribution < -0.4 is 5.32 Å². The lowest BCUT2D eigenvalue weighted by molar-refractivity contribution is 0.551. The highest BCUT2D eigenvalue weighted by Gasteiger charge is 2.24. The number of halogens is 1. The van der Waals surface area contributed by atoms with E-state index in [-0.39, 0.29) is 16.3 Å². The molecule has 96 valence electrons. The maximum Gasteiger partial charge on any atom is 0.126 e. The fourth-order valence-electron chi connectivity index (χ4n) is 1.34. The molecule has 0 fully saturated rings. The Balaban J connectivity index is 2.83. The van der Waals surface area contributed by atoms with E-state index in [9.17, 15) is 0 Å². The predicted molar refractivity (Wildman–Crippen MR) is 76.0 cm³/mol. The summed E-state index contributed by atoms with van der Waals surface area (Å²) in [5.41, 5.74) is 1.21. The summed E-state index contributed by atoms with van der Waals surface area (Å²) in [6.07, 6.45) is 1.93. The van der Waals surface area contributed by atoms with Crippen LogP contribution in [0.4, 0.5) is 5.82 Å². The second-order valence-electron chi connectivity index (χ2n) is 6.14. The van der Waals surface area contributed by atoms with E-state index in [4.69, 9.17) is 11.6 Å². The lowest BCUT2D eigenvalue weighted by atomic mass is 9.88. The van der Waals surface area contributed by atoms with Crippen molar-refractivity contribution in [2.75, 3.05) is 5.32 Å². The molecule has 0 aliphatic carbocycles. The summed E-state index contributed by atoms with van der Waals surface area (Å²) in [5, 5.41) is 3.39. The van der Waals surface area contributed by atoms with Crippen molar-refractivity contribution >= 4 is 17.4 Å². The minimum atomic E-state index is -0.169. The Kier molecular flexibility index (Phi) is 4.08. The third-order valence-electron chi connectivity index (χ3n) is 3.07. The molecule has 1 N–H and O–H groups in total. The lowest BCUT2D eigenvalue weighted by Crippen LogP contribution is -2.39. The van der Waals surface area contributed by atoms with E-state index in [2.05, 4.69) is 51.0 Å². The van der Waals surface area contributed by atoms with Crippen molar-refractivity contribution in [3.8, 4) is 0 Å². The van der Waals surface area contributed by atoms with Crippen molar-refractivity contribution < 1.29 is 0 Å². The minimum absolute atomic E-state index is 0.0339. The maximum atomic E-state index is 6.13. The minimum Gasteiger partial charge on any atom is -0.364 e. The molecule has 1 aromatic rings. The van der Waals surface area contributed by atoms with Gasteiger partial charge < -0.3 is 5.32 Å².